The Morgan fingerprint density at radius 3 is 2.24 bits per heavy atom. The minimum absolute atomic E-state index is 0.0282. The molecule has 2 amide bonds. The van der Waals surface area contributed by atoms with Gasteiger partial charge in [0.1, 0.15) is 11.5 Å². The number of aliphatic hydroxyl groups excluding tert-OH is 1. The zero-order valence-corrected chi connectivity index (χ0v) is 11.8. The fraction of sp³-hybridized carbons (Fsp3) is 0.385. The van der Waals surface area contributed by atoms with Gasteiger partial charge in [0.2, 0.25) is 0 Å². The molecular formula is C13H18N2O6. The van der Waals surface area contributed by atoms with E-state index < -0.39 is 18.1 Å². The van der Waals surface area contributed by atoms with Crippen molar-refractivity contribution in [2.24, 2.45) is 0 Å². The average Bonchev–Trinajstić information content (AvgIpc) is 2.46. The number of carbonyl (C=O) groups excluding carboxylic acids is 1. The molecule has 0 saturated carbocycles. The van der Waals surface area contributed by atoms with Gasteiger partial charge in [-0.15, -0.1) is 0 Å². The summed E-state index contributed by atoms with van der Waals surface area (Å²) in [4.78, 5) is 22.0. The number of urea groups is 1. The molecule has 0 aliphatic carbocycles. The number of carboxylic acids is 1. The van der Waals surface area contributed by atoms with Gasteiger partial charge in [-0.2, -0.15) is 0 Å². The maximum absolute atomic E-state index is 11.6. The summed E-state index contributed by atoms with van der Waals surface area (Å²) >= 11 is 0. The monoisotopic (exact) mass is 298 g/mol. The van der Waals surface area contributed by atoms with E-state index in [1.54, 1.807) is 18.2 Å². The molecule has 1 rings (SSSR count). The van der Waals surface area contributed by atoms with Gasteiger partial charge in [0.25, 0.3) is 0 Å². The quantitative estimate of drug-likeness (QED) is 0.587. The highest BCUT2D eigenvalue weighted by atomic mass is 16.5. The molecule has 0 fully saturated rings. The van der Waals surface area contributed by atoms with E-state index in [-0.39, 0.29) is 13.0 Å². The van der Waals surface area contributed by atoms with Crippen molar-refractivity contribution >= 4 is 17.7 Å². The molecule has 1 atom stereocenters. The number of nitrogens with one attached hydrogen (secondary N) is 2. The minimum atomic E-state index is -1.50. The molecule has 0 aromatic heterocycles. The average molecular weight is 298 g/mol. The highest BCUT2D eigenvalue weighted by molar-refractivity contribution is 5.89. The number of carboxylic acid groups (broad SMARTS) is 1. The second-order valence-electron chi connectivity index (χ2n) is 4.12. The van der Waals surface area contributed by atoms with E-state index in [0.29, 0.717) is 17.2 Å². The Bertz CT molecular complexity index is 483. The van der Waals surface area contributed by atoms with Crippen molar-refractivity contribution in [3.05, 3.63) is 18.2 Å². The third-order valence-corrected chi connectivity index (χ3v) is 2.60. The van der Waals surface area contributed by atoms with Crippen molar-refractivity contribution in [2.75, 3.05) is 26.1 Å². The van der Waals surface area contributed by atoms with Crippen LogP contribution in [-0.4, -0.2) is 49.1 Å². The number of anilines is 1. The molecule has 0 heterocycles. The maximum Gasteiger partial charge on any atom is 0.332 e. The number of hydrogen-bond donors (Lipinski definition) is 4. The Morgan fingerprint density at radius 2 is 1.76 bits per heavy atom. The van der Waals surface area contributed by atoms with Gasteiger partial charge in [-0.3, -0.25) is 0 Å². The third-order valence-electron chi connectivity index (χ3n) is 2.60. The lowest BCUT2D eigenvalue weighted by Crippen LogP contribution is -2.33. The van der Waals surface area contributed by atoms with Gasteiger partial charge in [0.15, 0.2) is 6.10 Å². The molecule has 0 radical (unpaired) electrons. The Hall–Kier alpha value is -2.48. The predicted octanol–water partition coefficient (Wildman–Crippen LogP) is 0.661. The number of ether oxygens (including phenoxy) is 2. The number of benzene rings is 1. The van der Waals surface area contributed by atoms with Crippen molar-refractivity contribution in [3.63, 3.8) is 0 Å². The van der Waals surface area contributed by atoms with Crippen LogP contribution in [0.3, 0.4) is 0 Å². The van der Waals surface area contributed by atoms with E-state index in [4.69, 9.17) is 19.7 Å². The molecule has 0 bridgehead atoms. The number of methoxy groups -OCH3 is 2. The molecular weight excluding hydrogens is 280 g/mol. The molecule has 4 N–H and O–H groups in total. The second kappa shape index (κ2) is 7.95. The molecule has 8 heteroatoms. The van der Waals surface area contributed by atoms with Crippen molar-refractivity contribution in [3.8, 4) is 11.5 Å². The number of aliphatic carboxylic acids is 1. The molecule has 0 spiro atoms. The van der Waals surface area contributed by atoms with Crippen LogP contribution in [-0.2, 0) is 4.79 Å². The third kappa shape index (κ3) is 5.57. The standard InChI is InChI=1S/C13H18N2O6/c1-20-9-5-8(6-10(7-9)21-2)15-13(19)14-4-3-11(16)12(17)18/h5-7,11,16H,3-4H2,1-2H3,(H,17,18)(H2,14,15,19). The largest absolute Gasteiger partial charge is 0.497 e. The zero-order valence-electron chi connectivity index (χ0n) is 11.8. The number of amides is 2. The summed E-state index contributed by atoms with van der Waals surface area (Å²) in [5.74, 6) is -0.286. The van der Waals surface area contributed by atoms with E-state index in [0.717, 1.165) is 0 Å². The second-order valence-corrected chi connectivity index (χ2v) is 4.12. The number of carbonyl (C=O) groups is 2. The Kier molecular flexibility index (Phi) is 6.28. The molecule has 0 aliphatic heterocycles. The zero-order chi connectivity index (χ0) is 15.8. The van der Waals surface area contributed by atoms with Gasteiger partial charge in [-0.25, -0.2) is 9.59 Å². The first-order valence-corrected chi connectivity index (χ1v) is 6.15. The summed E-state index contributed by atoms with van der Waals surface area (Å²) in [6.45, 7) is 0.0282. The van der Waals surface area contributed by atoms with Crippen LogP contribution in [0.5, 0.6) is 11.5 Å². The fourth-order valence-electron chi connectivity index (χ4n) is 1.50. The van der Waals surface area contributed by atoms with E-state index in [2.05, 4.69) is 10.6 Å². The van der Waals surface area contributed by atoms with Gasteiger partial charge in [-0.1, -0.05) is 0 Å². The van der Waals surface area contributed by atoms with Gasteiger partial charge >= 0.3 is 12.0 Å². The van der Waals surface area contributed by atoms with Crippen LogP contribution < -0.4 is 20.1 Å². The summed E-state index contributed by atoms with van der Waals surface area (Å²) < 4.78 is 10.1. The Balaban J connectivity index is 2.52. The molecule has 1 aromatic rings. The van der Waals surface area contributed by atoms with Crippen LogP contribution in [0.15, 0.2) is 18.2 Å². The molecule has 0 aliphatic rings. The first kappa shape index (κ1) is 16.6. The van der Waals surface area contributed by atoms with Crippen molar-refractivity contribution in [1.82, 2.24) is 5.32 Å². The minimum Gasteiger partial charge on any atom is -0.497 e. The first-order valence-electron chi connectivity index (χ1n) is 6.15. The highest BCUT2D eigenvalue weighted by Crippen LogP contribution is 2.25. The van der Waals surface area contributed by atoms with Crippen LogP contribution in [0.2, 0.25) is 0 Å². The molecule has 21 heavy (non-hydrogen) atoms. The van der Waals surface area contributed by atoms with Crippen LogP contribution in [0.4, 0.5) is 10.5 Å². The smallest absolute Gasteiger partial charge is 0.332 e. The molecule has 0 saturated heterocycles. The van der Waals surface area contributed by atoms with Crippen molar-refractivity contribution in [1.29, 1.82) is 0 Å². The number of rotatable bonds is 7. The van der Waals surface area contributed by atoms with Crippen LogP contribution in [0.25, 0.3) is 0 Å². The van der Waals surface area contributed by atoms with Gasteiger partial charge < -0.3 is 30.3 Å². The van der Waals surface area contributed by atoms with Crippen LogP contribution >= 0.6 is 0 Å². The molecule has 1 unspecified atom stereocenters. The first-order chi connectivity index (χ1) is 9.96. The molecule has 8 nitrogen and oxygen atoms in total. The van der Waals surface area contributed by atoms with Crippen molar-refractivity contribution in [2.45, 2.75) is 12.5 Å². The number of hydrogen-bond acceptors (Lipinski definition) is 5. The lowest BCUT2D eigenvalue weighted by atomic mass is 10.2. The summed E-state index contributed by atoms with van der Waals surface area (Å²) in [6.07, 6.45) is -1.58. The normalized spacial score (nSPS) is 11.4. The van der Waals surface area contributed by atoms with Gasteiger partial charge in [0, 0.05) is 36.9 Å². The summed E-state index contributed by atoms with van der Waals surface area (Å²) in [5, 5.41) is 22.5. The van der Waals surface area contributed by atoms with E-state index in [9.17, 15) is 9.59 Å². The van der Waals surface area contributed by atoms with E-state index in [1.165, 1.54) is 14.2 Å². The van der Waals surface area contributed by atoms with Crippen molar-refractivity contribution < 1.29 is 29.3 Å². The highest BCUT2D eigenvalue weighted by Gasteiger charge is 2.13. The lowest BCUT2D eigenvalue weighted by molar-refractivity contribution is -0.146. The molecule has 116 valence electrons. The van der Waals surface area contributed by atoms with E-state index in [1.807, 2.05) is 0 Å². The maximum atomic E-state index is 11.6. The van der Waals surface area contributed by atoms with E-state index >= 15 is 0 Å². The number of aliphatic hydroxyl groups is 1. The molecule has 1 aromatic carbocycles. The Labute approximate surface area is 121 Å². The summed E-state index contributed by atoms with van der Waals surface area (Å²) in [7, 11) is 2.98. The Morgan fingerprint density at radius 1 is 1.19 bits per heavy atom. The summed E-state index contributed by atoms with van der Waals surface area (Å²) in [5.41, 5.74) is 0.461. The summed E-state index contributed by atoms with van der Waals surface area (Å²) in [6, 6.07) is 4.34. The SMILES string of the molecule is COc1cc(NC(=O)NCCC(O)C(=O)O)cc(OC)c1. The lowest BCUT2D eigenvalue weighted by Gasteiger charge is -2.11. The fourth-order valence-corrected chi connectivity index (χ4v) is 1.50. The van der Waals surface area contributed by atoms with Gasteiger partial charge in [0.05, 0.1) is 14.2 Å². The van der Waals surface area contributed by atoms with Crippen LogP contribution in [0.1, 0.15) is 6.42 Å². The topological polar surface area (TPSA) is 117 Å². The van der Waals surface area contributed by atoms with Crippen LogP contribution in [0, 0.1) is 0 Å². The van der Waals surface area contributed by atoms with Gasteiger partial charge in [-0.05, 0) is 0 Å². The predicted molar refractivity (Wildman–Crippen MR) is 74.8 cm³/mol.